The van der Waals surface area contributed by atoms with Crippen LogP contribution in [0.4, 0.5) is 5.82 Å². The molecule has 0 bridgehead atoms. The molecule has 6 nitrogen and oxygen atoms in total. The van der Waals surface area contributed by atoms with Crippen LogP contribution in [-0.4, -0.2) is 54.3 Å². The first-order valence-corrected chi connectivity index (χ1v) is 7.28. The molecule has 20 heavy (non-hydrogen) atoms. The predicted octanol–water partition coefficient (Wildman–Crippen LogP) is 0.426. The molecule has 0 spiro atoms. The van der Waals surface area contributed by atoms with Crippen molar-refractivity contribution in [3.8, 4) is 0 Å². The van der Waals surface area contributed by atoms with Crippen LogP contribution in [-0.2, 0) is 18.3 Å². The maximum Gasteiger partial charge on any atom is 0.131 e. The van der Waals surface area contributed by atoms with Crippen LogP contribution in [0, 0.1) is 6.92 Å². The maximum atomic E-state index is 9.64. The maximum absolute atomic E-state index is 9.64. The fourth-order valence-corrected chi connectivity index (χ4v) is 2.76. The van der Waals surface area contributed by atoms with Crippen molar-refractivity contribution in [3.05, 3.63) is 11.3 Å². The Kier molecular flexibility index (Phi) is 5.39. The third-order valence-electron chi connectivity index (χ3n) is 3.86. The van der Waals surface area contributed by atoms with Crippen molar-refractivity contribution in [2.75, 3.05) is 38.3 Å². The average molecular weight is 282 g/mol. The van der Waals surface area contributed by atoms with E-state index in [1.807, 2.05) is 11.7 Å². The van der Waals surface area contributed by atoms with Gasteiger partial charge >= 0.3 is 0 Å². The van der Waals surface area contributed by atoms with Gasteiger partial charge in [0.25, 0.3) is 0 Å². The first-order chi connectivity index (χ1) is 9.63. The summed E-state index contributed by atoms with van der Waals surface area (Å²) in [7, 11) is 3.70. The molecule has 1 saturated heterocycles. The highest BCUT2D eigenvalue weighted by Crippen LogP contribution is 2.26. The number of aliphatic hydroxyl groups excluding tert-OH is 1. The number of piperidine rings is 1. The van der Waals surface area contributed by atoms with Gasteiger partial charge < -0.3 is 20.1 Å². The number of nitrogens with zero attached hydrogens (tertiary/aromatic N) is 3. The topological polar surface area (TPSA) is 62.5 Å². The Morgan fingerprint density at radius 3 is 2.75 bits per heavy atom. The molecule has 0 unspecified atom stereocenters. The van der Waals surface area contributed by atoms with Gasteiger partial charge in [0.05, 0.1) is 18.4 Å². The third-order valence-corrected chi connectivity index (χ3v) is 3.86. The van der Waals surface area contributed by atoms with Gasteiger partial charge in [0, 0.05) is 45.9 Å². The molecule has 2 N–H and O–H groups in total. The van der Waals surface area contributed by atoms with Gasteiger partial charge in [-0.2, -0.15) is 5.10 Å². The van der Waals surface area contributed by atoms with Crippen LogP contribution < -0.4 is 10.2 Å². The van der Waals surface area contributed by atoms with Gasteiger partial charge in [-0.05, 0) is 19.8 Å². The number of nitrogens with one attached hydrogen (secondary N) is 1. The molecule has 114 valence electrons. The van der Waals surface area contributed by atoms with E-state index >= 15 is 0 Å². The number of rotatable bonds is 6. The second-order valence-electron chi connectivity index (χ2n) is 5.40. The van der Waals surface area contributed by atoms with Crippen molar-refractivity contribution in [2.45, 2.75) is 32.4 Å². The number of methoxy groups -OCH3 is 1. The molecular formula is C14H26N4O2. The number of aromatic nitrogens is 2. The van der Waals surface area contributed by atoms with Gasteiger partial charge in [0.15, 0.2) is 0 Å². The average Bonchev–Trinajstić information content (AvgIpc) is 2.70. The zero-order valence-corrected chi connectivity index (χ0v) is 12.7. The molecule has 0 radical (unpaired) electrons. The van der Waals surface area contributed by atoms with E-state index in [4.69, 9.17) is 4.74 Å². The minimum Gasteiger partial charge on any atom is -0.393 e. The Morgan fingerprint density at radius 1 is 1.40 bits per heavy atom. The highest BCUT2D eigenvalue weighted by atomic mass is 16.5. The zero-order valence-electron chi connectivity index (χ0n) is 12.7. The van der Waals surface area contributed by atoms with E-state index < -0.39 is 0 Å². The molecule has 2 rings (SSSR count). The second-order valence-corrected chi connectivity index (χ2v) is 5.40. The van der Waals surface area contributed by atoms with Gasteiger partial charge in [-0.15, -0.1) is 0 Å². The first kappa shape index (κ1) is 15.3. The molecule has 0 aliphatic carbocycles. The Labute approximate surface area is 120 Å². The van der Waals surface area contributed by atoms with Crippen LogP contribution >= 0.6 is 0 Å². The van der Waals surface area contributed by atoms with Gasteiger partial charge in [-0.3, -0.25) is 4.68 Å². The van der Waals surface area contributed by atoms with Crippen molar-refractivity contribution in [1.82, 2.24) is 15.1 Å². The van der Waals surface area contributed by atoms with Crippen molar-refractivity contribution >= 4 is 5.82 Å². The van der Waals surface area contributed by atoms with Crippen LogP contribution in [0.15, 0.2) is 0 Å². The minimum atomic E-state index is -0.149. The summed E-state index contributed by atoms with van der Waals surface area (Å²) in [6.07, 6.45) is 1.52. The van der Waals surface area contributed by atoms with E-state index in [2.05, 4.69) is 22.2 Å². The second kappa shape index (κ2) is 7.06. The summed E-state index contributed by atoms with van der Waals surface area (Å²) in [6, 6.07) is 0. The number of anilines is 1. The van der Waals surface area contributed by atoms with Crippen LogP contribution in [0.25, 0.3) is 0 Å². The lowest BCUT2D eigenvalue weighted by molar-refractivity contribution is 0.145. The van der Waals surface area contributed by atoms with Crippen LogP contribution in [0.2, 0.25) is 0 Å². The van der Waals surface area contributed by atoms with Gasteiger partial charge in [0.2, 0.25) is 0 Å². The highest BCUT2D eigenvalue weighted by Gasteiger charge is 2.23. The van der Waals surface area contributed by atoms with Gasteiger partial charge in [-0.25, -0.2) is 0 Å². The fourth-order valence-electron chi connectivity index (χ4n) is 2.76. The summed E-state index contributed by atoms with van der Waals surface area (Å²) in [4.78, 5) is 2.33. The van der Waals surface area contributed by atoms with Crippen molar-refractivity contribution in [3.63, 3.8) is 0 Å². The van der Waals surface area contributed by atoms with Crippen molar-refractivity contribution in [1.29, 1.82) is 0 Å². The van der Waals surface area contributed by atoms with E-state index in [1.54, 1.807) is 7.11 Å². The standard InChI is InChI=1S/C14H26N4O2/c1-11-13(10-15-6-9-20-3)14(17(2)16-11)18-7-4-12(19)5-8-18/h12,15,19H,4-10H2,1-3H3. The SMILES string of the molecule is COCCNCc1c(C)nn(C)c1N1CCC(O)CC1. The lowest BCUT2D eigenvalue weighted by Gasteiger charge is -2.32. The van der Waals surface area contributed by atoms with Gasteiger partial charge in [-0.1, -0.05) is 0 Å². The molecule has 6 heteroatoms. The van der Waals surface area contributed by atoms with E-state index in [-0.39, 0.29) is 6.10 Å². The zero-order chi connectivity index (χ0) is 14.5. The summed E-state index contributed by atoms with van der Waals surface area (Å²) in [5.41, 5.74) is 2.32. The number of hydrogen-bond acceptors (Lipinski definition) is 5. The molecule has 1 aromatic heterocycles. The smallest absolute Gasteiger partial charge is 0.131 e. The Bertz CT molecular complexity index is 425. The predicted molar refractivity (Wildman–Crippen MR) is 79.0 cm³/mol. The van der Waals surface area contributed by atoms with Crippen LogP contribution in [0.1, 0.15) is 24.1 Å². The molecule has 1 aliphatic heterocycles. The van der Waals surface area contributed by atoms with E-state index in [0.717, 1.165) is 44.7 Å². The molecule has 1 fully saturated rings. The summed E-state index contributed by atoms with van der Waals surface area (Å²) in [5.74, 6) is 1.18. The largest absolute Gasteiger partial charge is 0.393 e. The summed E-state index contributed by atoms with van der Waals surface area (Å²) in [6.45, 7) is 6.19. The number of ether oxygens (including phenoxy) is 1. The molecule has 2 heterocycles. The Balaban J connectivity index is 2.06. The number of hydrogen-bond donors (Lipinski definition) is 2. The molecule has 0 aromatic carbocycles. The van der Waals surface area contributed by atoms with Crippen molar-refractivity contribution in [2.24, 2.45) is 7.05 Å². The number of aliphatic hydroxyl groups is 1. The quantitative estimate of drug-likeness (QED) is 0.741. The number of aryl methyl sites for hydroxylation is 2. The molecular weight excluding hydrogens is 256 g/mol. The lowest BCUT2D eigenvalue weighted by atomic mass is 10.1. The molecule has 0 amide bonds. The molecule has 0 saturated carbocycles. The third kappa shape index (κ3) is 3.50. The molecule has 1 aliphatic rings. The van der Waals surface area contributed by atoms with Gasteiger partial charge in [0.1, 0.15) is 5.82 Å². The fraction of sp³-hybridized carbons (Fsp3) is 0.786. The first-order valence-electron chi connectivity index (χ1n) is 7.28. The van der Waals surface area contributed by atoms with Crippen molar-refractivity contribution < 1.29 is 9.84 Å². The minimum absolute atomic E-state index is 0.149. The summed E-state index contributed by atoms with van der Waals surface area (Å²) >= 11 is 0. The normalized spacial score (nSPS) is 16.9. The monoisotopic (exact) mass is 282 g/mol. The van der Waals surface area contributed by atoms with E-state index in [1.165, 1.54) is 11.4 Å². The Morgan fingerprint density at radius 2 is 2.10 bits per heavy atom. The van der Waals surface area contributed by atoms with E-state index in [0.29, 0.717) is 6.61 Å². The lowest BCUT2D eigenvalue weighted by Crippen LogP contribution is -2.37. The highest BCUT2D eigenvalue weighted by molar-refractivity contribution is 5.50. The summed E-state index contributed by atoms with van der Waals surface area (Å²) < 4.78 is 7.01. The van der Waals surface area contributed by atoms with Crippen LogP contribution in [0.5, 0.6) is 0 Å². The molecule has 0 atom stereocenters. The Hall–Kier alpha value is -1.11. The van der Waals surface area contributed by atoms with Crippen LogP contribution in [0.3, 0.4) is 0 Å². The summed E-state index contributed by atoms with van der Waals surface area (Å²) in [5, 5.41) is 17.6. The van der Waals surface area contributed by atoms with E-state index in [9.17, 15) is 5.11 Å². The molecule has 1 aromatic rings.